The van der Waals surface area contributed by atoms with Gasteiger partial charge in [0.2, 0.25) is 0 Å². The molecule has 0 saturated heterocycles. The van der Waals surface area contributed by atoms with Gasteiger partial charge in [0.05, 0.1) is 4.92 Å². The number of non-ortho nitro benzene ring substituents is 1. The van der Waals surface area contributed by atoms with Crippen LogP contribution in [0, 0.1) is 10.1 Å². The van der Waals surface area contributed by atoms with Crippen LogP contribution in [0.3, 0.4) is 0 Å². The lowest BCUT2D eigenvalue weighted by atomic mass is 10.1. The average Bonchev–Trinajstić information content (AvgIpc) is 2.78. The van der Waals surface area contributed by atoms with Gasteiger partial charge in [0.1, 0.15) is 5.82 Å². The number of aromatic nitrogens is 3. The zero-order chi connectivity index (χ0) is 13.3. The van der Waals surface area contributed by atoms with Crippen molar-refractivity contribution in [2.45, 2.75) is 19.8 Å². The molecule has 0 unspecified atom stereocenters. The molecule has 0 fully saturated rings. The Balaban J connectivity index is 2.41. The molecule has 0 radical (unpaired) electrons. The minimum absolute atomic E-state index is 0.0455. The number of hydrogen-bond donors (Lipinski definition) is 2. The Hall–Kier alpha value is -2.44. The Morgan fingerprint density at radius 2 is 2.17 bits per heavy atom. The Morgan fingerprint density at radius 1 is 1.44 bits per heavy atom. The van der Waals surface area contributed by atoms with E-state index >= 15 is 0 Å². The predicted octanol–water partition coefficient (Wildman–Crippen LogP) is 2.09. The van der Waals surface area contributed by atoms with Crippen molar-refractivity contribution >= 4 is 11.4 Å². The lowest BCUT2D eigenvalue weighted by Gasteiger charge is -2.01. The molecular weight excluding hydrogens is 234 g/mol. The van der Waals surface area contributed by atoms with Gasteiger partial charge in [-0.25, -0.2) is 4.98 Å². The number of nitro benzene ring substituents is 1. The minimum atomic E-state index is -0.488. The molecule has 0 amide bonds. The molecule has 7 nitrogen and oxygen atoms in total. The van der Waals surface area contributed by atoms with Gasteiger partial charge in [-0.15, -0.1) is 0 Å². The molecule has 0 aliphatic carbocycles. The first-order valence-electron chi connectivity index (χ1n) is 5.45. The van der Waals surface area contributed by atoms with Crippen LogP contribution in [0.2, 0.25) is 0 Å². The van der Waals surface area contributed by atoms with Gasteiger partial charge >= 0.3 is 0 Å². The van der Waals surface area contributed by atoms with Crippen LogP contribution in [0.25, 0.3) is 11.4 Å². The van der Waals surface area contributed by atoms with Gasteiger partial charge in [0, 0.05) is 29.3 Å². The summed E-state index contributed by atoms with van der Waals surface area (Å²) in [6.07, 6.45) is 0. The number of hydrogen-bond acceptors (Lipinski definition) is 5. The number of anilines is 1. The standard InChI is InChI=1S/C11H13N5O2/c1-6(2)10-13-11(15-14-10)8-4-3-7(16(17)18)5-9(8)12/h3-6H,12H2,1-2H3,(H,13,14,15). The SMILES string of the molecule is CC(C)c1nc(-c2ccc([N+](=O)[O-])cc2N)n[nH]1. The van der Waals surface area contributed by atoms with Crippen molar-refractivity contribution in [1.82, 2.24) is 15.2 Å². The second-order valence-electron chi connectivity index (χ2n) is 4.23. The lowest BCUT2D eigenvalue weighted by molar-refractivity contribution is -0.384. The molecule has 1 aromatic heterocycles. The molecule has 0 aliphatic heterocycles. The molecule has 2 aromatic rings. The number of benzene rings is 1. The molecule has 3 N–H and O–H groups in total. The van der Waals surface area contributed by atoms with Crippen LogP contribution >= 0.6 is 0 Å². The maximum absolute atomic E-state index is 10.6. The fourth-order valence-electron chi connectivity index (χ4n) is 1.52. The first kappa shape index (κ1) is 12.0. The Labute approximate surface area is 103 Å². The highest BCUT2D eigenvalue weighted by atomic mass is 16.6. The van der Waals surface area contributed by atoms with Crippen LogP contribution in [0.1, 0.15) is 25.6 Å². The summed E-state index contributed by atoms with van der Waals surface area (Å²) in [4.78, 5) is 14.4. The molecule has 0 aliphatic rings. The quantitative estimate of drug-likeness (QED) is 0.490. The maximum Gasteiger partial charge on any atom is 0.271 e. The first-order chi connectivity index (χ1) is 8.49. The van der Waals surface area contributed by atoms with Gasteiger partial charge in [0.25, 0.3) is 5.69 Å². The summed E-state index contributed by atoms with van der Waals surface area (Å²) in [5.41, 5.74) is 6.61. The smallest absolute Gasteiger partial charge is 0.271 e. The second-order valence-corrected chi connectivity index (χ2v) is 4.23. The summed E-state index contributed by atoms with van der Waals surface area (Å²) < 4.78 is 0. The minimum Gasteiger partial charge on any atom is -0.398 e. The number of nitro groups is 1. The summed E-state index contributed by atoms with van der Waals surface area (Å²) in [5, 5.41) is 17.5. The second kappa shape index (κ2) is 4.44. The number of H-pyrrole nitrogens is 1. The number of nitrogen functional groups attached to an aromatic ring is 1. The van der Waals surface area contributed by atoms with E-state index in [0.29, 0.717) is 17.1 Å². The fraction of sp³-hybridized carbons (Fsp3) is 0.273. The van der Waals surface area contributed by atoms with Crippen LogP contribution in [0.4, 0.5) is 11.4 Å². The molecule has 1 aromatic carbocycles. The zero-order valence-corrected chi connectivity index (χ0v) is 10.0. The van der Waals surface area contributed by atoms with E-state index in [-0.39, 0.29) is 11.6 Å². The summed E-state index contributed by atoms with van der Waals surface area (Å²) in [5.74, 6) is 1.43. The number of rotatable bonds is 3. The molecular formula is C11H13N5O2. The monoisotopic (exact) mass is 247 g/mol. The van der Waals surface area contributed by atoms with Crippen molar-refractivity contribution in [3.05, 3.63) is 34.1 Å². The zero-order valence-electron chi connectivity index (χ0n) is 10.0. The molecule has 0 saturated carbocycles. The summed E-state index contributed by atoms with van der Waals surface area (Å²) in [6, 6.07) is 4.25. The van der Waals surface area contributed by atoms with E-state index < -0.39 is 4.92 Å². The number of nitrogens with one attached hydrogen (secondary N) is 1. The van der Waals surface area contributed by atoms with Gasteiger partial charge in [-0.1, -0.05) is 13.8 Å². The summed E-state index contributed by atoms with van der Waals surface area (Å²) in [7, 11) is 0. The van der Waals surface area contributed by atoms with E-state index in [0.717, 1.165) is 5.82 Å². The van der Waals surface area contributed by atoms with Crippen molar-refractivity contribution < 1.29 is 4.92 Å². The van der Waals surface area contributed by atoms with E-state index in [4.69, 9.17) is 5.73 Å². The molecule has 0 bridgehead atoms. The third-order valence-electron chi connectivity index (χ3n) is 2.54. The summed E-state index contributed by atoms with van der Waals surface area (Å²) in [6.45, 7) is 3.98. The maximum atomic E-state index is 10.6. The Kier molecular flexibility index (Phi) is 2.97. The molecule has 94 valence electrons. The highest BCUT2D eigenvalue weighted by molar-refractivity contribution is 5.73. The predicted molar refractivity (Wildman–Crippen MR) is 67.0 cm³/mol. The third kappa shape index (κ3) is 2.15. The average molecular weight is 247 g/mol. The van der Waals surface area contributed by atoms with Gasteiger partial charge in [-0.3, -0.25) is 15.2 Å². The molecule has 2 rings (SSSR count). The highest BCUT2D eigenvalue weighted by Gasteiger charge is 2.14. The van der Waals surface area contributed by atoms with Crippen LogP contribution in [-0.2, 0) is 0 Å². The van der Waals surface area contributed by atoms with Gasteiger partial charge < -0.3 is 5.73 Å². The van der Waals surface area contributed by atoms with E-state index in [2.05, 4.69) is 15.2 Å². The van der Waals surface area contributed by atoms with Crippen LogP contribution < -0.4 is 5.73 Å². The molecule has 1 heterocycles. The Bertz CT molecular complexity index is 591. The third-order valence-corrected chi connectivity index (χ3v) is 2.54. The highest BCUT2D eigenvalue weighted by Crippen LogP contribution is 2.27. The van der Waals surface area contributed by atoms with E-state index in [1.54, 1.807) is 6.07 Å². The first-order valence-corrected chi connectivity index (χ1v) is 5.45. The summed E-state index contributed by atoms with van der Waals surface area (Å²) >= 11 is 0. The van der Waals surface area contributed by atoms with Crippen LogP contribution in [0.5, 0.6) is 0 Å². The normalized spacial score (nSPS) is 10.8. The van der Waals surface area contributed by atoms with Gasteiger partial charge in [0.15, 0.2) is 5.82 Å². The van der Waals surface area contributed by atoms with E-state index in [1.165, 1.54) is 12.1 Å². The van der Waals surface area contributed by atoms with Crippen molar-refractivity contribution in [2.24, 2.45) is 0 Å². The topological polar surface area (TPSA) is 111 Å². The molecule has 0 atom stereocenters. The number of nitrogens with two attached hydrogens (primary N) is 1. The molecule has 7 heteroatoms. The van der Waals surface area contributed by atoms with Gasteiger partial charge in [-0.05, 0) is 6.07 Å². The van der Waals surface area contributed by atoms with Crippen molar-refractivity contribution in [3.63, 3.8) is 0 Å². The van der Waals surface area contributed by atoms with E-state index in [1.807, 2.05) is 13.8 Å². The molecule has 18 heavy (non-hydrogen) atoms. The molecule has 0 spiro atoms. The van der Waals surface area contributed by atoms with Crippen LogP contribution in [0.15, 0.2) is 18.2 Å². The van der Waals surface area contributed by atoms with Crippen molar-refractivity contribution in [3.8, 4) is 11.4 Å². The number of nitrogens with zero attached hydrogens (tertiary/aromatic N) is 3. The van der Waals surface area contributed by atoms with Crippen LogP contribution in [-0.4, -0.2) is 20.1 Å². The van der Waals surface area contributed by atoms with Crippen molar-refractivity contribution in [1.29, 1.82) is 0 Å². The van der Waals surface area contributed by atoms with E-state index in [9.17, 15) is 10.1 Å². The lowest BCUT2D eigenvalue weighted by Crippen LogP contribution is -1.95. The largest absolute Gasteiger partial charge is 0.398 e. The number of aromatic amines is 1. The Morgan fingerprint density at radius 3 is 2.67 bits per heavy atom. The van der Waals surface area contributed by atoms with Crippen molar-refractivity contribution in [2.75, 3.05) is 5.73 Å². The van der Waals surface area contributed by atoms with Gasteiger partial charge in [-0.2, -0.15) is 5.10 Å². The fourth-order valence-corrected chi connectivity index (χ4v) is 1.52.